The average Bonchev–Trinajstić information content (AvgIpc) is 2.13. The molecule has 0 spiro atoms. The quantitative estimate of drug-likeness (QED) is 0.525. The highest BCUT2D eigenvalue weighted by molar-refractivity contribution is 9.08. The molecule has 0 fully saturated rings. The molecule has 0 aromatic carbocycles. The van der Waals surface area contributed by atoms with Crippen molar-refractivity contribution in [3.05, 3.63) is 32.1 Å². The molecule has 0 aliphatic heterocycles. The van der Waals surface area contributed by atoms with E-state index in [-0.39, 0.29) is 11.0 Å². The number of H-pyrrole nitrogens is 1. The molecule has 1 aromatic heterocycles. The number of nitrogens with zero attached hydrogens (tertiary/aromatic N) is 1. The number of halogens is 4. The molecule has 17 heavy (non-hydrogen) atoms. The minimum absolute atomic E-state index is 0.0223. The maximum atomic E-state index is 12.0. The van der Waals surface area contributed by atoms with Gasteiger partial charge in [0, 0.05) is 17.1 Å². The molecule has 94 valence electrons. The van der Waals surface area contributed by atoms with Gasteiger partial charge in [-0.1, -0.05) is 15.9 Å². The minimum atomic E-state index is -5.13. The van der Waals surface area contributed by atoms with Gasteiger partial charge in [-0.3, -0.25) is 14.9 Å². The number of rotatable bonds is 3. The Balaban J connectivity index is 3.38. The molecule has 0 amide bonds. The number of nitrogens with one attached hydrogen (secondary N) is 1. The lowest BCUT2D eigenvalue weighted by atomic mass is 10.3. The van der Waals surface area contributed by atoms with E-state index in [0.717, 1.165) is 6.07 Å². The first-order valence-electron chi connectivity index (χ1n) is 3.97. The standard InChI is InChI=1S/C7H4BrF3N2O4/c8-2-3-1-4(14)5(13(15)16)6(12-3)17-7(9,10)11/h1H,2H2,(H,12,14). The van der Waals surface area contributed by atoms with Gasteiger partial charge in [-0.25, -0.2) is 0 Å². The summed E-state index contributed by atoms with van der Waals surface area (Å²) in [7, 11) is 0. The molecule has 1 N–H and O–H groups in total. The monoisotopic (exact) mass is 316 g/mol. The van der Waals surface area contributed by atoms with Crippen molar-refractivity contribution < 1.29 is 22.8 Å². The topological polar surface area (TPSA) is 85.2 Å². The lowest BCUT2D eigenvalue weighted by Crippen LogP contribution is -2.22. The third-order valence-corrected chi connectivity index (χ3v) is 2.18. The second kappa shape index (κ2) is 4.73. The van der Waals surface area contributed by atoms with Crippen LogP contribution in [0.3, 0.4) is 0 Å². The van der Waals surface area contributed by atoms with Crippen molar-refractivity contribution in [1.29, 1.82) is 0 Å². The lowest BCUT2D eigenvalue weighted by Gasteiger charge is -2.09. The van der Waals surface area contributed by atoms with E-state index in [2.05, 4.69) is 20.7 Å². The summed E-state index contributed by atoms with van der Waals surface area (Å²) in [6.45, 7) is 0. The van der Waals surface area contributed by atoms with Crippen LogP contribution in [0.25, 0.3) is 0 Å². The van der Waals surface area contributed by atoms with Crippen molar-refractivity contribution in [3.8, 4) is 5.88 Å². The normalized spacial score (nSPS) is 11.3. The second-order valence-electron chi connectivity index (χ2n) is 2.78. The van der Waals surface area contributed by atoms with Crippen LogP contribution in [-0.2, 0) is 5.33 Å². The van der Waals surface area contributed by atoms with Crippen LogP contribution in [0, 0.1) is 10.1 Å². The highest BCUT2D eigenvalue weighted by Crippen LogP contribution is 2.27. The first kappa shape index (κ1) is 13.5. The fraction of sp³-hybridized carbons (Fsp3) is 0.286. The highest BCUT2D eigenvalue weighted by Gasteiger charge is 2.36. The van der Waals surface area contributed by atoms with Crippen LogP contribution in [0.5, 0.6) is 5.88 Å². The Kier molecular flexibility index (Phi) is 3.76. The van der Waals surface area contributed by atoms with E-state index in [1.165, 1.54) is 0 Å². The Bertz CT molecular complexity index is 499. The van der Waals surface area contributed by atoms with Crippen LogP contribution in [0.2, 0.25) is 0 Å². The van der Waals surface area contributed by atoms with Crippen molar-refractivity contribution >= 4 is 21.6 Å². The van der Waals surface area contributed by atoms with Crippen LogP contribution in [0.1, 0.15) is 5.69 Å². The average molecular weight is 317 g/mol. The SMILES string of the molecule is O=c1cc(CBr)[nH]c(OC(F)(F)F)c1[N+](=O)[O-]. The highest BCUT2D eigenvalue weighted by atomic mass is 79.9. The van der Waals surface area contributed by atoms with E-state index in [9.17, 15) is 28.1 Å². The zero-order valence-electron chi connectivity index (χ0n) is 7.88. The van der Waals surface area contributed by atoms with E-state index in [0.29, 0.717) is 0 Å². The van der Waals surface area contributed by atoms with E-state index < -0.39 is 28.3 Å². The van der Waals surface area contributed by atoms with Gasteiger partial charge in [0.2, 0.25) is 0 Å². The summed E-state index contributed by atoms with van der Waals surface area (Å²) in [4.78, 5) is 22.4. The summed E-state index contributed by atoms with van der Waals surface area (Å²) in [6, 6.07) is 0.816. The maximum absolute atomic E-state index is 12.0. The molecule has 0 radical (unpaired) electrons. The van der Waals surface area contributed by atoms with Gasteiger partial charge in [0.15, 0.2) is 0 Å². The molecule has 0 bridgehead atoms. The molecule has 0 aliphatic carbocycles. The van der Waals surface area contributed by atoms with Crippen LogP contribution < -0.4 is 10.2 Å². The molecule has 0 unspecified atom stereocenters. The number of aromatic nitrogens is 1. The summed E-state index contributed by atoms with van der Waals surface area (Å²) in [5.41, 5.74) is -2.42. The van der Waals surface area contributed by atoms with E-state index in [1.807, 2.05) is 4.98 Å². The summed E-state index contributed by atoms with van der Waals surface area (Å²) >= 11 is 2.89. The fourth-order valence-corrected chi connectivity index (χ4v) is 1.32. The number of aromatic amines is 1. The van der Waals surface area contributed by atoms with Gasteiger partial charge >= 0.3 is 12.0 Å². The third-order valence-electron chi connectivity index (χ3n) is 1.57. The maximum Gasteiger partial charge on any atom is 0.574 e. The van der Waals surface area contributed by atoms with E-state index in [1.54, 1.807) is 0 Å². The predicted octanol–water partition coefficient (Wildman–Crippen LogP) is 2.08. The molecule has 6 nitrogen and oxygen atoms in total. The molecular formula is C7H4BrF3N2O4. The molecular weight excluding hydrogens is 313 g/mol. The summed E-state index contributed by atoms with van der Waals surface area (Å²) < 4.78 is 39.3. The van der Waals surface area contributed by atoms with Gasteiger partial charge in [-0.2, -0.15) is 0 Å². The summed E-state index contributed by atoms with van der Waals surface area (Å²) in [5.74, 6) is -1.23. The van der Waals surface area contributed by atoms with Gasteiger partial charge in [0.05, 0.1) is 4.92 Å². The lowest BCUT2D eigenvalue weighted by molar-refractivity contribution is -0.390. The molecule has 1 rings (SSSR count). The first-order valence-corrected chi connectivity index (χ1v) is 5.09. The van der Waals surface area contributed by atoms with Gasteiger partial charge in [0.25, 0.3) is 11.3 Å². The largest absolute Gasteiger partial charge is 0.574 e. The number of nitro groups is 1. The van der Waals surface area contributed by atoms with Crippen molar-refractivity contribution in [2.45, 2.75) is 11.7 Å². The number of alkyl halides is 4. The molecule has 1 heterocycles. The predicted molar refractivity (Wildman–Crippen MR) is 53.0 cm³/mol. The van der Waals surface area contributed by atoms with E-state index in [4.69, 9.17) is 0 Å². The smallest absolute Gasteiger partial charge is 0.382 e. The number of hydrogen-bond acceptors (Lipinski definition) is 4. The van der Waals surface area contributed by atoms with Crippen molar-refractivity contribution in [2.24, 2.45) is 0 Å². The minimum Gasteiger partial charge on any atom is -0.382 e. The first-order chi connectivity index (χ1) is 7.74. The Labute approximate surface area is 99.7 Å². The van der Waals surface area contributed by atoms with Crippen molar-refractivity contribution in [2.75, 3.05) is 0 Å². The van der Waals surface area contributed by atoms with Gasteiger partial charge < -0.3 is 9.72 Å². The van der Waals surface area contributed by atoms with Crippen molar-refractivity contribution in [1.82, 2.24) is 4.98 Å². The zero-order chi connectivity index (χ0) is 13.2. The summed E-state index contributed by atoms with van der Waals surface area (Å²) in [5, 5.41) is 10.5. The molecule has 0 aliphatic rings. The molecule has 0 saturated carbocycles. The van der Waals surface area contributed by atoms with Gasteiger partial charge in [0.1, 0.15) is 0 Å². The Morgan fingerprint density at radius 1 is 1.53 bits per heavy atom. The van der Waals surface area contributed by atoms with E-state index >= 15 is 0 Å². The molecule has 0 atom stereocenters. The van der Waals surface area contributed by atoms with Gasteiger partial charge in [-0.05, 0) is 0 Å². The number of pyridine rings is 1. The zero-order valence-corrected chi connectivity index (χ0v) is 9.46. The Hall–Kier alpha value is -1.58. The fourth-order valence-electron chi connectivity index (χ4n) is 1.01. The van der Waals surface area contributed by atoms with Crippen molar-refractivity contribution in [3.63, 3.8) is 0 Å². The number of ether oxygens (including phenoxy) is 1. The Morgan fingerprint density at radius 3 is 2.53 bits per heavy atom. The Morgan fingerprint density at radius 2 is 2.12 bits per heavy atom. The summed E-state index contributed by atoms with van der Waals surface area (Å²) in [6.07, 6.45) is -5.13. The number of hydrogen-bond donors (Lipinski definition) is 1. The van der Waals surface area contributed by atoms with Crippen LogP contribution in [-0.4, -0.2) is 16.3 Å². The van der Waals surface area contributed by atoms with Gasteiger partial charge in [-0.15, -0.1) is 13.2 Å². The van der Waals surface area contributed by atoms with Crippen LogP contribution >= 0.6 is 15.9 Å². The van der Waals surface area contributed by atoms with Crippen LogP contribution in [0.15, 0.2) is 10.9 Å². The third kappa shape index (κ3) is 3.44. The molecule has 1 aromatic rings. The second-order valence-corrected chi connectivity index (χ2v) is 3.34. The molecule has 10 heteroatoms. The molecule has 0 saturated heterocycles. The van der Waals surface area contributed by atoms with Crippen LogP contribution in [0.4, 0.5) is 18.9 Å².